The molecule has 1 heterocycles. The number of nitrogen functional groups attached to an aromatic ring is 1. The highest BCUT2D eigenvalue weighted by Gasteiger charge is 2.01. The van der Waals surface area contributed by atoms with Crippen LogP contribution in [0.25, 0.3) is 0 Å². The first-order valence-electron chi connectivity index (χ1n) is 5.78. The van der Waals surface area contributed by atoms with Gasteiger partial charge in [0.1, 0.15) is 0 Å². The largest absolute Gasteiger partial charge is 0.481 e. The summed E-state index contributed by atoms with van der Waals surface area (Å²) in [5.41, 5.74) is 9.87. The molecule has 1 aromatic heterocycles. The van der Waals surface area contributed by atoms with E-state index in [1.807, 2.05) is 37.3 Å². The number of hydrogen-bond donors (Lipinski definition) is 2. The van der Waals surface area contributed by atoms with Crippen LogP contribution in [0, 0.1) is 6.92 Å². The monoisotopic (exact) mass is 243 g/mol. The van der Waals surface area contributed by atoms with Crippen molar-refractivity contribution in [2.75, 3.05) is 18.2 Å². The number of nitrogens with zero attached hydrogens (tertiary/aromatic N) is 1. The zero-order valence-electron chi connectivity index (χ0n) is 10.6. The molecule has 0 unspecified atom stereocenters. The van der Waals surface area contributed by atoms with Crippen LogP contribution in [-0.2, 0) is 6.54 Å². The minimum Gasteiger partial charge on any atom is -0.481 e. The lowest BCUT2D eigenvalue weighted by atomic mass is 10.1. The molecule has 2 aromatic rings. The number of pyridine rings is 1. The Balaban J connectivity index is 2.04. The van der Waals surface area contributed by atoms with Gasteiger partial charge in [-0.3, -0.25) is 0 Å². The van der Waals surface area contributed by atoms with Gasteiger partial charge in [-0.1, -0.05) is 12.1 Å². The fraction of sp³-hybridized carbons (Fsp3) is 0.214. The average molecular weight is 243 g/mol. The van der Waals surface area contributed by atoms with E-state index in [2.05, 4.69) is 10.3 Å². The lowest BCUT2D eigenvalue weighted by Gasteiger charge is -2.11. The molecule has 18 heavy (non-hydrogen) atoms. The molecule has 0 amide bonds. The zero-order chi connectivity index (χ0) is 13.0. The molecule has 2 rings (SSSR count). The summed E-state index contributed by atoms with van der Waals surface area (Å²) in [6.07, 6.45) is 1.80. The summed E-state index contributed by atoms with van der Waals surface area (Å²) in [5, 5.41) is 3.35. The summed E-state index contributed by atoms with van der Waals surface area (Å²) in [7, 11) is 1.61. The summed E-state index contributed by atoms with van der Waals surface area (Å²) in [6, 6.07) is 9.69. The number of nitrogens with two attached hydrogens (primary N) is 1. The first-order chi connectivity index (χ1) is 8.70. The molecule has 0 saturated heterocycles. The fourth-order valence-electron chi connectivity index (χ4n) is 1.68. The number of aromatic nitrogens is 1. The fourth-order valence-corrected chi connectivity index (χ4v) is 1.68. The third kappa shape index (κ3) is 2.71. The van der Waals surface area contributed by atoms with Crippen molar-refractivity contribution in [2.45, 2.75) is 13.5 Å². The summed E-state index contributed by atoms with van der Waals surface area (Å²) < 4.78 is 5.02. The van der Waals surface area contributed by atoms with Crippen LogP contribution in [0.3, 0.4) is 0 Å². The van der Waals surface area contributed by atoms with E-state index in [1.54, 1.807) is 13.3 Å². The molecular weight excluding hydrogens is 226 g/mol. The predicted molar refractivity (Wildman–Crippen MR) is 73.7 cm³/mol. The van der Waals surface area contributed by atoms with Gasteiger partial charge in [0.25, 0.3) is 0 Å². The van der Waals surface area contributed by atoms with Crippen LogP contribution in [0.4, 0.5) is 11.4 Å². The minimum absolute atomic E-state index is 0.624. The molecule has 0 atom stereocenters. The maximum Gasteiger partial charge on any atom is 0.212 e. The van der Waals surface area contributed by atoms with Gasteiger partial charge >= 0.3 is 0 Å². The molecule has 3 N–H and O–H groups in total. The molecular formula is C14H17N3O. The van der Waals surface area contributed by atoms with E-state index in [-0.39, 0.29) is 0 Å². The van der Waals surface area contributed by atoms with E-state index in [1.165, 1.54) is 0 Å². The quantitative estimate of drug-likeness (QED) is 0.810. The Morgan fingerprint density at radius 2 is 2.11 bits per heavy atom. The molecule has 1 aromatic carbocycles. The van der Waals surface area contributed by atoms with Crippen molar-refractivity contribution in [3.63, 3.8) is 0 Å². The maximum absolute atomic E-state index is 5.86. The van der Waals surface area contributed by atoms with Crippen LogP contribution in [0.2, 0.25) is 0 Å². The second-order valence-electron chi connectivity index (χ2n) is 4.08. The Hall–Kier alpha value is -2.23. The minimum atomic E-state index is 0.624. The van der Waals surface area contributed by atoms with Crippen molar-refractivity contribution in [3.05, 3.63) is 47.7 Å². The number of ether oxygens (including phenoxy) is 1. The normalized spacial score (nSPS) is 10.1. The number of methoxy groups -OCH3 is 1. The van der Waals surface area contributed by atoms with E-state index in [0.717, 1.165) is 22.5 Å². The van der Waals surface area contributed by atoms with Crippen LogP contribution in [0.15, 0.2) is 36.5 Å². The molecule has 0 aliphatic heterocycles. The lowest BCUT2D eigenvalue weighted by molar-refractivity contribution is 0.397. The SMILES string of the molecule is COc1ccc(CNc2cccc(N)c2C)cn1. The van der Waals surface area contributed by atoms with E-state index in [0.29, 0.717) is 12.4 Å². The van der Waals surface area contributed by atoms with Gasteiger partial charge in [-0.05, 0) is 30.2 Å². The molecule has 0 radical (unpaired) electrons. The van der Waals surface area contributed by atoms with Gasteiger partial charge in [0, 0.05) is 30.2 Å². The maximum atomic E-state index is 5.86. The average Bonchev–Trinajstić information content (AvgIpc) is 2.41. The van der Waals surface area contributed by atoms with Crippen molar-refractivity contribution in [1.82, 2.24) is 4.98 Å². The summed E-state index contributed by atoms with van der Waals surface area (Å²) in [4.78, 5) is 4.16. The van der Waals surface area contributed by atoms with Crippen molar-refractivity contribution in [2.24, 2.45) is 0 Å². The standard InChI is InChI=1S/C14H17N3O/c1-10-12(15)4-3-5-13(10)16-8-11-6-7-14(18-2)17-9-11/h3-7,9,16H,8,15H2,1-2H3. The van der Waals surface area contributed by atoms with E-state index in [9.17, 15) is 0 Å². The number of hydrogen-bond acceptors (Lipinski definition) is 4. The summed E-state index contributed by atoms with van der Waals surface area (Å²) >= 11 is 0. The van der Waals surface area contributed by atoms with E-state index < -0.39 is 0 Å². The molecule has 0 aliphatic carbocycles. The van der Waals surface area contributed by atoms with Crippen molar-refractivity contribution < 1.29 is 4.74 Å². The Kier molecular flexibility index (Phi) is 3.67. The third-order valence-corrected chi connectivity index (χ3v) is 2.87. The number of nitrogens with one attached hydrogen (secondary N) is 1. The highest BCUT2D eigenvalue weighted by atomic mass is 16.5. The van der Waals surface area contributed by atoms with E-state index >= 15 is 0 Å². The Morgan fingerprint density at radius 1 is 1.28 bits per heavy atom. The van der Waals surface area contributed by atoms with Gasteiger partial charge in [-0.2, -0.15) is 0 Å². The summed E-state index contributed by atoms with van der Waals surface area (Å²) in [5.74, 6) is 0.624. The molecule has 4 nitrogen and oxygen atoms in total. The van der Waals surface area contributed by atoms with Crippen LogP contribution in [0.5, 0.6) is 5.88 Å². The van der Waals surface area contributed by atoms with Gasteiger partial charge in [0.05, 0.1) is 7.11 Å². The molecule has 94 valence electrons. The van der Waals surface area contributed by atoms with Crippen LogP contribution < -0.4 is 15.8 Å². The van der Waals surface area contributed by atoms with Crippen molar-refractivity contribution in [3.8, 4) is 5.88 Å². The smallest absolute Gasteiger partial charge is 0.212 e. The number of benzene rings is 1. The Labute approximate surface area is 107 Å². The van der Waals surface area contributed by atoms with Crippen LogP contribution in [0.1, 0.15) is 11.1 Å². The highest BCUT2D eigenvalue weighted by molar-refractivity contribution is 5.62. The zero-order valence-corrected chi connectivity index (χ0v) is 10.6. The van der Waals surface area contributed by atoms with Gasteiger partial charge in [0.2, 0.25) is 5.88 Å². The molecule has 0 aliphatic rings. The van der Waals surface area contributed by atoms with Gasteiger partial charge in [-0.15, -0.1) is 0 Å². The van der Waals surface area contributed by atoms with E-state index in [4.69, 9.17) is 10.5 Å². The molecule has 0 bridgehead atoms. The lowest BCUT2D eigenvalue weighted by Crippen LogP contribution is -2.03. The van der Waals surface area contributed by atoms with Gasteiger partial charge in [-0.25, -0.2) is 4.98 Å². The molecule has 0 saturated carbocycles. The molecule has 0 spiro atoms. The van der Waals surface area contributed by atoms with Crippen molar-refractivity contribution >= 4 is 11.4 Å². The Bertz CT molecular complexity index is 523. The van der Waals surface area contributed by atoms with Crippen LogP contribution >= 0.6 is 0 Å². The van der Waals surface area contributed by atoms with Crippen LogP contribution in [-0.4, -0.2) is 12.1 Å². The second kappa shape index (κ2) is 5.40. The third-order valence-electron chi connectivity index (χ3n) is 2.87. The second-order valence-corrected chi connectivity index (χ2v) is 4.08. The predicted octanol–water partition coefficient (Wildman–Crippen LogP) is 2.59. The number of anilines is 2. The first kappa shape index (κ1) is 12.2. The topological polar surface area (TPSA) is 60.2 Å². The molecule has 0 fully saturated rings. The van der Waals surface area contributed by atoms with Crippen molar-refractivity contribution in [1.29, 1.82) is 0 Å². The Morgan fingerprint density at radius 3 is 2.78 bits per heavy atom. The number of rotatable bonds is 4. The highest BCUT2D eigenvalue weighted by Crippen LogP contribution is 2.21. The molecule has 4 heteroatoms. The van der Waals surface area contributed by atoms with Gasteiger partial charge < -0.3 is 15.8 Å². The first-order valence-corrected chi connectivity index (χ1v) is 5.78. The van der Waals surface area contributed by atoms with Gasteiger partial charge in [0.15, 0.2) is 0 Å². The summed E-state index contributed by atoms with van der Waals surface area (Å²) in [6.45, 7) is 2.71.